The van der Waals surface area contributed by atoms with Gasteiger partial charge in [0.25, 0.3) is 0 Å². The highest BCUT2D eigenvalue weighted by molar-refractivity contribution is 5.76. The van der Waals surface area contributed by atoms with Gasteiger partial charge >= 0.3 is 0 Å². The Hall–Kier alpha value is -1.51. The van der Waals surface area contributed by atoms with Crippen LogP contribution in [0.25, 0.3) is 0 Å². The first-order valence-electron chi connectivity index (χ1n) is 6.61. The highest BCUT2D eigenvalue weighted by Gasteiger charge is 2.08. The molecule has 0 aliphatic heterocycles. The number of hydrogen-bond donors (Lipinski definition) is 1. The van der Waals surface area contributed by atoms with Crippen LogP contribution < -0.4 is 10.1 Å². The summed E-state index contributed by atoms with van der Waals surface area (Å²) in [6, 6.07) is 8.17. The van der Waals surface area contributed by atoms with Crippen LogP contribution >= 0.6 is 0 Å². The van der Waals surface area contributed by atoms with Gasteiger partial charge in [0.2, 0.25) is 5.91 Å². The molecule has 1 amide bonds. The summed E-state index contributed by atoms with van der Waals surface area (Å²) in [4.78, 5) is 11.7. The monoisotopic (exact) mass is 249 g/mol. The molecule has 0 radical (unpaired) electrons. The molecule has 0 atom stereocenters. The summed E-state index contributed by atoms with van der Waals surface area (Å²) in [6.07, 6.45) is 3.30. The number of rotatable bonds is 7. The molecule has 1 rings (SSSR count). The van der Waals surface area contributed by atoms with Gasteiger partial charge < -0.3 is 10.1 Å². The minimum Gasteiger partial charge on any atom is -0.497 e. The van der Waals surface area contributed by atoms with Gasteiger partial charge in [0.1, 0.15) is 5.75 Å². The van der Waals surface area contributed by atoms with E-state index >= 15 is 0 Å². The minimum atomic E-state index is 0.138. The van der Waals surface area contributed by atoms with Crippen LogP contribution in [0.3, 0.4) is 0 Å². The Bertz CT molecular complexity index is 355. The van der Waals surface area contributed by atoms with Gasteiger partial charge in [-0.3, -0.25) is 4.79 Å². The standard InChI is InChI=1S/C15H23NO2/c1-4-13(5-2)16-15(17)11-8-12-6-9-14(18-3)10-7-12/h6-7,9-10,13H,4-5,8,11H2,1-3H3,(H,16,17). The maximum atomic E-state index is 11.7. The summed E-state index contributed by atoms with van der Waals surface area (Å²) in [5, 5.41) is 3.05. The van der Waals surface area contributed by atoms with Crippen LogP contribution in [0.1, 0.15) is 38.7 Å². The number of benzene rings is 1. The Morgan fingerprint density at radius 3 is 2.33 bits per heavy atom. The van der Waals surface area contributed by atoms with E-state index in [1.54, 1.807) is 7.11 Å². The lowest BCUT2D eigenvalue weighted by molar-refractivity contribution is -0.121. The van der Waals surface area contributed by atoms with Crippen molar-refractivity contribution in [2.24, 2.45) is 0 Å². The molecule has 0 aliphatic rings. The van der Waals surface area contributed by atoms with E-state index in [1.165, 1.54) is 0 Å². The second-order valence-corrected chi connectivity index (χ2v) is 4.43. The van der Waals surface area contributed by atoms with Gasteiger partial charge in [0, 0.05) is 12.5 Å². The molecule has 0 heterocycles. The van der Waals surface area contributed by atoms with Gasteiger partial charge in [-0.05, 0) is 37.0 Å². The summed E-state index contributed by atoms with van der Waals surface area (Å²) in [5.74, 6) is 0.986. The number of amides is 1. The first-order valence-corrected chi connectivity index (χ1v) is 6.61. The molecular formula is C15H23NO2. The van der Waals surface area contributed by atoms with Crippen molar-refractivity contribution in [2.45, 2.75) is 45.6 Å². The Kier molecular flexibility index (Phi) is 6.26. The summed E-state index contributed by atoms with van der Waals surface area (Å²) in [5.41, 5.74) is 1.16. The van der Waals surface area contributed by atoms with Crippen molar-refractivity contribution in [3.63, 3.8) is 0 Å². The summed E-state index contributed by atoms with van der Waals surface area (Å²) < 4.78 is 5.10. The van der Waals surface area contributed by atoms with Gasteiger partial charge in [-0.2, -0.15) is 0 Å². The number of ether oxygens (including phenoxy) is 1. The average Bonchev–Trinajstić information content (AvgIpc) is 2.43. The maximum Gasteiger partial charge on any atom is 0.220 e. The third kappa shape index (κ3) is 4.78. The van der Waals surface area contributed by atoms with E-state index in [-0.39, 0.29) is 5.91 Å². The van der Waals surface area contributed by atoms with Crippen LogP contribution in [-0.4, -0.2) is 19.1 Å². The van der Waals surface area contributed by atoms with Crippen LogP contribution in [0.4, 0.5) is 0 Å². The van der Waals surface area contributed by atoms with Crippen molar-refractivity contribution in [1.82, 2.24) is 5.32 Å². The van der Waals surface area contributed by atoms with Gasteiger partial charge in [-0.1, -0.05) is 26.0 Å². The molecule has 3 heteroatoms. The Balaban J connectivity index is 2.37. The zero-order chi connectivity index (χ0) is 13.4. The maximum absolute atomic E-state index is 11.7. The number of nitrogens with one attached hydrogen (secondary N) is 1. The molecule has 0 saturated heterocycles. The van der Waals surface area contributed by atoms with Crippen molar-refractivity contribution >= 4 is 5.91 Å². The zero-order valence-corrected chi connectivity index (χ0v) is 11.5. The van der Waals surface area contributed by atoms with E-state index in [0.717, 1.165) is 30.6 Å². The molecule has 3 nitrogen and oxygen atoms in total. The third-order valence-electron chi connectivity index (χ3n) is 3.15. The largest absolute Gasteiger partial charge is 0.497 e. The number of methoxy groups -OCH3 is 1. The van der Waals surface area contributed by atoms with Crippen molar-refractivity contribution < 1.29 is 9.53 Å². The lowest BCUT2D eigenvalue weighted by Crippen LogP contribution is -2.33. The van der Waals surface area contributed by atoms with Crippen LogP contribution in [0.15, 0.2) is 24.3 Å². The molecule has 100 valence electrons. The van der Waals surface area contributed by atoms with E-state index < -0.39 is 0 Å². The molecule has 0 aromatic heterocycles. The first kappa shape index (κ1) is 14.6. The molecule has 1 aromatic rings. The quantitative estimate of drug-likeness (QED) is 0.807. The fraction of sp³-hybridized carbons (Fsp3) is 0.533. The molecule has 18 heavy (non-hydrogen) atoms. The molecule has 1 aromatic carbocycles. The van der Waals surface area contributed by atoms with Crippen molar-refractivity contribution in [2.75, 3.05) is 7.11 Å². The van der Waals surface area contributed by atoms with Gasteiger partial charge in [0.05, 0.1) is 7.11 Å². The molecular weight excluding hydrogens is 226 g/mol. The smallest absolute Gasteiger partial charge is 0.220 e. The number of carbonyl (C=O) groups is 1. The van der Waals surface area contributed by atoms with Gasteiger partial charge in [-0.25, -0.2) is 0 Å². The molecule has 1 N–H and O–H groups in total. The van der Waals surface area contributed by atoms with Gasteiger partial charge in [-0.15, -0.1) is 0 Å². The topological polar surface area (TPSA) is 38.3 Å². The van der Waals surface area contributed by atoms with Gasteiger partial charge in [0.15, 0.2) is 0 Å². The lowest BCUT2D eigenvalue weighted by atomic mass is 10.1. The van der Waals surface area contributed by atoms with Crippen LogP contribution in [-0.2, 0) is 11.2 Å². The van der Waals surface area contributed by atoms with Crippen molar-refractivity contribution in [1.29, 1.82) is 0 Å². The van der Waals surface area contributed by atoms with Crippen molar-refractivity contribution in [3.8, 4) is 5.75 Å². The van der Waals surface area contributed by atoms with E-state index in [4.69, 9.17) is 4.74 Å². The zero-order valence-electron chi connectivity index (χ0n) is 11.5. The normalized spacial score (nSPS) is 10.4. The molecule has 0 fully saturated rings. The Morgan fingerprint density at radius 1 is 1.22 bits per heavy atom. The number of hydrogen-bond acceptors (Lipinski definition) is 2. The summed E-state index contributed by atoms with van der Waals surface area (Å²) >= 11 is 0. The van der Waals surface area contributed by atoms with Crippen LogP contribution in [0.5, 0.6) is 5.75 Å². The number of aryl methyl sites for hydroxylation is 1. The SMILES string of the molecule is CCC(CC)NC(=O)CCc1ccc(OC)cc1. The highest BCUT2D eigenvalue weighted by atomic mass is 16.5. The minimum absolute atomic E-state index is 0.138. The fourth-order valence-corrected chi connectivity index (χ4v) is 1.84. The summed E-state index contributed by atoms with van der Waals surface area (Å²) in [7, 11) is 1.65. The Labute approximate surface area is 110 Å². The average molecular weight is 249 g/mol. The second kappa shape index (κ2) is 7.75. The Morgan fingerprint density at radius 2 is 1.83 bits per heavy atom. The van der Waals surface area contributed by atoms with Crippen LogP contribution in [0.2, 0.25) is 0 Å². The molecule has 0 saturated carbocycles. The summed E-state index contributed by atoms with van der Waals surface area (Å²) in [6.45, 7) is 4.19. The van der Waals surface area contributed by atoms with Crippen LogP contribution in [0, 0.1) is 0 Å². The lowest BCUT2D eigenvalue weighted by Gasteiger charge is -2.14. The predicted octanol–water partition coefficient (Wildman–Crippen LogP) is 2.93. The second-order valence-electron chi connectivity index (χ2n) is 4.43. The molecule has 0 aliphatic carbocycles. The fourth-order valence-electron chi connectivity index (χ4n) is 1.84. The van der Waals surface area contributed by atoms with E-state index in [1.807, 2.05) is 24.3 Å². The first-order chi connectivity index (χ1) is 8.69. The molecule has 0 bridgehead atoms. The number of carbonyl (C=O) groups excluding carboxylic acids is 1. The highest BCUT2D eigenvalue weighted by Crippen LogP contribution is 2.12. The van der Waals surface area contributed by atoms with E-state index in [0.29, 0.717) is 12.5 Å². The molecule has 0 unspecified atom stereocenters. The molecule has 0 spiro atoms. The van der Waals surface area contributed by atoms with E-state index in [9.17, 15) is 4.79 Å². The predicted molar refractivity (Wildman–Crippen MR) is 73.8 cm³/mol. The van der Waals surface area contributed by atoms with E-state index in [2.05, 4.69) is 19.2 Å². The van der Waals surface area contributed by atoms with Crippen molar-refractivity contribution in [3.05, 3.63) is 29.8 Å². The third-order valence-corrected chi connectivity index (χ3v) is 3.15.